The number of ether oxygens (including phenoxy) is 2. The van der Waals surface area contributed by atoms with Crippen LogP contribution in [0.15, 0.2) is 42.5 Å². The molecule has 1 unspecified atom stereocenters. The van der Waals surface area contributed by atoms with Crippen molar-refractivity contribution in [2.75, 3.05) is 43.5 Å². The average molecular weight is 390 g/mol. The number of anilines is 2. The van der Waals surface area contributed by atoms with Crippen LogP contribution in [0.1, 0.15) is 17.3 Å². The number of benzene rings is 2. The number of hydrogen-bond acceptors (Lipinski definition) is 5. The number of hydrogen-bond donors (Lipinski definition) is 2. The van der Waals surface area contributed by atoms with E-state index in [4.69, 9.17) is 26.8 Å². The van der Waals surface area contributed by atoms with Gasteiger partial charge in [0.05, 0.1) is 35.6 Å². The summed E-state index contributed by atoms with van der Waals surface area (Å²) in [4.78, 5) is 14.9. The van der Waals surface area contributed by atoms with E-state index in [0.29, 0.717) is 48.3 Å². The van der Waals surface area contributed by atoms with Crippen LogP contribution in [0.4, 0.5) is 11.4 Å². The minimum absolute atomic E-state index is 0.0947. The van der Waals surface area contributed by atoms with Gasteiger partial charge in [-0.05, 0) is 25.1 Å². The summed E-state index contributed by atoms with van der Waals surface area (Å²) in [7, 11) is 0. The average Bonchev–Trinajstić information content (AvgIpc) is 2.70. The number of nitrogen functional groups attached to an aromatic ring is 1. The molecule has 3 rings (SSSR count). The Labute approximate surface area is 164 Å². The van der Waals surface area contributed by atoms with E-state index in [2.05, 4.69) is 22.3 Å². The molecule has 144 valence electrons. The molecule has 0 aliphatic carbocycles. The molecule has 1 fully saturated rings. The molecule has 1 amide bonds. The zero-order chi connectivity index (χ0) is 19.2. The molecule has 6 nitrogen and oxygen atoms in total. The molecule has 0 bridgehead atoms. The maximum absolute atomic E-state index is 12.6. The van der Waals surface area contributed by atoms with Crippen molar-refractivity contribution in [2.45, 2.75) is 13.0 Å². The van der Waals surface area contributed by atoms with Crippen molar-refractivity contribution in [2.24, 2.45) is 0 Å². The zero-order valence-electron chi connectivity index (χ0n) is 15.3. The van der Waals surface area contributed by atoms with Gasteiger partial charge in [-0.15, -0.1) is 0 Å². The SMILES string of the molecule is CCOc1cc(N)c(Cl)cc1C(=O)NCC1CN(c2ccccc2)CCO1. The van der Waals surface area contributed by atoms with E-state index in [9.17, 15) is 4.79 Å². The van der Waals surface area contributed by atoms with E-state index >= 15 is 0 Å². The standard InChI is InChI=1S/C20H24ClN3O3/c1-2-26-19-11-18(22)17(21)10-16(19)20(25)23-12-15-13-24(8-9-27-15)14-6-4-3-5-7-14/h3-7,10-11,15H,2,8-9,12-13,22H2,1H3,(H,23,25). The Morgan fingerprint density at radius 3 is 2.89 bits per heavy atom. The van der Waals surface area contributed by atoms with Crippen LogP contribution in [0.25, 0.3) is 0 Å². The number of nitrogens with two attached hydrogens (primary N) is 1. The lowest BCUT2D eigenvalue weighted by atomic mass is 10.1. The van der Waals surface area contributed by atoms with Crippen LogP contribution in [0, 0.1) is 0 Å². The van der Waals surface area contributed by atoms with Gasteiger partial charge >= 0.3 is 0 Å². The molecule has 27 heavy (non-hydrogen) atoms. The normalized spacial score (nSPS) is 16.8. The molecule has 1 heterocycles. The largest absolute Gasteiger partial charge is 0.493 e. The highest BCUT2D eigenvalue weighted by Crippen LogP contribution is 2.29. The summed E-state index contributed by atoms with van der Waals surface area (Å²) in [5.74, 6) is 0.160. The van der Waals surface area contributed by atoms with E-state index < -0.39 is 0 Å². The fraction of sp³-hybridized carbons (Fsp3) is 0.350. The molecule has 0 saturated carbocycles. The summed E-state index contributed by atoms with van der Waals surface area (Å²) in [6, 6.07) is 13.3. The first-order valence-corrected chi connectivity index (χ1v) is 9.38. The van der Waals surface area contributed by atoms with Gasteiger partial charge in [-0.3, -0.25) is 4.79 Å². The molecule has 1 saturated heterocycles. The van der Waals surface area contributed by atoms with Crippen LogP contribution < -0.4 is 20.7 Å². The number of carbonyl (C=O) groups is 1. The first kappa shape index (κ1) is 19.3. The Balaban J connectivity index is 1.63. The van der Waals surface area contributed by atoms with Crippen molar-refractivity contribution in [3.05, 3.63) is 53.1 Å². The number of morpholine rings is 1. The van der Waals surface area contributed by atoms with E-state index in [1.165, 1.54) is 6.07 Å². The number of carbonyl (C=O) groups excluding carboxylic acids is 1. The van der Waals surface area contributed by atoms with Gasteiger partial charge in [-0.2, -0.15) is 0 Å². The maximum atomic E-state index is 12.6. The molecular formula is C20H24ClN3O3. The molecule has 0 aromatic heterocycles. The van der Waals surface area contributed by atoms with E-state index in [0.717, 1.165) is 12.2 Å². The van der Waals surface area contributed by atoms with Gasteiger partial charge in [-0.1, -0.05) is 29.8 Å². The number of nitrogens with one attached hydrogen (secondary N) is 1. The van der Waals surface area contributed by atoms with E-state index in [1.807, 2.05) is 25.1 Å². The summed E-state index contributed by atoms with van der Waals surface area (Å²) in [6.07, 6.45) is -0.0947. The Morgan fingerprint density at radius 2 is 2.15 bits per heavy atom. The van der Waals surface area contributed by atoms with E-state index in [-0.39, 0.29) is 12.0 Å². The lowest BCUT2D eigenvalue weighted by Crippen LogP contribution is -2.47. The summed E-state index contributed by atoms with van der Waals surface area (Å²) in [6.45, 7) is 4.84. The van der Waals surface area contributed by atoms with Crippen LogP contribution in [-0.2, 0) is 4.74 Å². The number of nitrogens with zero attached hydrogens (tertiary/aromatic N) is 1. The Kier molecular flexibility index (Phi) is 6.42. The lowest BCUT2D eigenvalue weighted by molar-refractivity contribution is 0.0396. The summed E-state index contributed by atoms with van der Waals surface area (Å²) in [5, 5.41) is 3.24. The third-order valence-electron chi connectivity index (χ3n) is 4.39. The highest BCUT2D eigenvalue weighted by atomic mass is 35.5. The van der Waals surface area contributed by atoms with Gasteiger partial charge in [-0.25, -0.2) is 0 Å². The smallest absolute Gasteiger partial charge is 0.255 e. The Bertz CT molecular complexity index is 786. The molecule has 7 heteroatoms. The van der Waals surface area contributed by atoms with Crippen molar-refractivity contribution in [3.63, 3.8) is 0 Å². The van der Waals surface area contributed by atoms with Crippen molar-refractivity contribution in [1.82, 2.24) is 5.32 Å². The van der Waals surface area contributed by atoms with Crippen molar-refractivity contribution in [3.8, 4) is 5.75 Å². The quantitative estimate of drug-likeness (QED) is 0.743. The molecule has 1 atom stereocenters. The molecular weight excluding hydrogens is 366 g/mol. The molecule has 2 aromatic rings. The molecule has 2 aromatic carbocycles. The van der Waals surface area contributed by atoms with Crippen LogP contribution >= 0.6 is 11.6 Å². The molecule has 3 N–H and O–H groups in total. The van der Waals surface area contributed by atoms with E-state index in [1.54, 1.807) is 6.07 Å². The van der Waals surface area contributed by atoms with Gasteiger partial charge in [0.15, 0.2) is 0 Å². The van der Waals surface area contributed by atoms with Gasteiger partial charge in [0, 0.05) is 31.4 Å². The predicted molar refractivity (Wildman–Crippen MR) is 108 cm³/mol. The first-order valence-electron chi connectivity index (χ1n) is 9.00. The zero-order valence-corrected chi connectivity index (χ0v) is 16.0. The fourth-order valence-electron chi connectivity index (χ4n) is 3.04. The lowest BCUT2D eigenvalue weighted by Gasteiger charge is -2.34. The Morgan fingerprint density at radius 1 is 1.37 bits per heavy atom. The van der Waals surface area contributed by atoms with Crippen LogP contribution in [0.5, 0.6) is 5.75 Å². The summed E-state index contributed by atoms with van der Waals surface area (Å²) in [5.41, 5.74) is 7.71. The van der Waals surface area contributed by atoms with Gasteiger partial charge in [0.2, 0.25) is 0 Å². The topological polar surface area (TPSA) is 76.8 Å². The van der Waals surface area contributed by atoms with Gasteiger partial charge in [0.25, 0.3) is 5.91 Å². The van der Waals surface area contributed by atoms with Gasteiger partial charge < -0.3 is 25.4 Å². The second-order valence-corrected chi connectivity index (χ2v) is 6.69. The minimum atomic E-state index is -0.263. The van der Waals surface area contributed by atoms with Gasteiger partial charge in [0.1, 0.15) is 5.75 Å². The number of rotatable bonds is 6. The number of halogens is 1. The van der Waals surface area contributed by atoms with Crippen molar-refractivity contribution >= 4 is 28.9 Å². The maximum Gasteiger partial charge on any atom is 0.255 e. The number of para-hydroxylation sites is 1. The number of amides is 1. The van der Waals surface area contributed by atoms with Crippen molar-refractivity contribution in [1.29, 1.82) is 0 Å². The Hall–Kier alpha value is -2.44. The second kappa shape index (κ2) is 8.97. The summed E-state index contributed by atoms with van der Waals surface area (Å²) >= 11 is 6.07. The predicted octanol–water partition coefficient (Wildman–Crippen LogP) is 2.96. The van der Waals surface area contributed by atoms with Crippen molar-refractivity contribution < 1.29 is 14.3 Å². The minimum Gasteiger partial charge on any atom is -0.493 e. The third-order valence-corrected chi connectivity index (χ3v) is 4.72. The second-order valence-electron chi connectivity index (χ2n) is 6.29. The first-order chi connectivity index (χ1) is 13.1. The highest BCUT2D eigenvalue weighted by Gasteiger charge is 2.22. The highest BCUT2D eigenvalue weighted by molar-refractivity contribution is 6.33. The van der Waals surface area contributed by atoms with Crippen LogP contribution in [0.3, 0.4) is 0 Å². The third kappa shape index (κ3) is 4.84. The molecule has 0 radical (unpaired) electrons. The monoisotopic (exact) mass is 389 g/mol. The van der Waals surface area contributed by atoms with Crippen LogP contribution in [0.2, 0.25) is 5.02 Å². The molecule has 1 aliphatic rings. The van der Waals surface area contributed by atoms with Crippen LogP contribution in [-0.4, -0.2) is 44.9 Å². The fourth-order valence-corrected chi connectivity index (χ4v) is 3.20. The summed E-state index contributed by atoms with van der Waals surface area (Å²) < 4.78 is 11.3. The molecule has 0 spiro atoms. The molecule has 1 aliphatic heterocycles.